The average molecular weight is 143 g/mol. The maximum Gasteiger partial charge on any atom is 0.426 e. The molecule has 1 heterocycles. The van der Waals surface area contributed by atoms with Crippen molar-refractivity contribution in [3.63, 3.8) is 0 Å². The fourth-order valence-corrected chi connectivity index (χ4v) is 0.555. The monoisotopic (exact) mass is 143 g/mol. The molecule has 6 nitrogen and oxygen atoms in total. The molecule has 1 N–H and O–H groups in total. The zero-order chi connectivity index (χ0) is 7.56. The summed E-state index contributed by atoms with van der Waals surface area (Å²) in [4.78, 5) is 15.3. The van der Waals surface area contributed by atoms with Crippen LogP contribution in [0.15, 0.2) is 6.33 Å². The molecule has 0 aromatic carbocycles. The van der Waals surface area contributed by atoms with Gasteiger partial charge in [0.05, 0.1) is 7.11 Å². The lowest BCUT2D eigenvalue weighted by molar-refractivity contribution is -0.390. The van der Waals surface area contributed by atoms with E-state index < -0.39 is 4.92 Å². The van der Waals surface area contributed by atoms with E-state index in [4.69, 9.17) is 0 Å². The van der Waals surface area contributed by atoms with Gasteiger partial charge in [0.1, 0.15) is 0 Å². The number of nitrogens with zero attached hydrogens (tertiary/aromatic N) is 2. The second-order valence-electron chi connectivity index (χ2n) is 1.52. The van der Waals surface area contributed by atoms with Crippen molar-refractivity contribution in [3.05, 3.63) is 16.4 Å². The van der Waals surface area contributed by atoms with Crippen LogP contribution in [-0.4, -0.2) is 22.0 Å². The van der Waals surface area contributed by atoms with Crippen molar-refractivity contribution in [1.29, 1.82) is 0 Å². The second-order valence-corrected chi connectivity index (χ2v) is 1.52. The number of aromatic nitrogens is 2. The Morgan fingerprint density at radius 1 is 1.90 bits per heavy atom. The molecule has 1 rings (SSSR count). The zero-order valence-electron chi connectivity index (χ0n) is 5.20. The zero-order valence-corrected chi connectivity index (χ0v) is 5.20. The molecule has 6 heteroatoms. The van der Waals surface area contributed by atoms with Crippen LogP contribution in [0, 0.1) is 10.1 Å². The Balaban J connectivity index is 3.01. The molecular formula is C4H5N3O3. The van der Waals surface area contributed by atoms with E-state index in [1.807, 2.05) is 0 Å². The topological polar surface area (TPSA) is 81.0 Å². The first-order valence-electron chi connectivity index (χ1n) is 2.47. The third-order valence-corrected chi connectivity index (χ3v) is 0.963. The van der Waals surface area contributed by atoms with Gasteiger partial charge in [0.25, 0.3) is 5.88 Å². The highest BCUT2D eigenvalue weighted by Crippen LogP contribution is 2.19. The Kier molecular flexibility index (Phi) is 1.53. The smallest absolute Gasteiger partial charge is 0.426 e. The molecule has 0 saturated heterocycles. The van der Waals surface area contributed by atoms with Crippen LogP contribution < -0.4 is 4.74 Å². The van der Waals surface area contributed by atoms with E-state index in [2.05, 4.69) is 14.7 Å². The Morgan fingerprint density at radius 3 is 3.00 bits per heavy atom. The number of H-pyrrole nitrogens is 1. The van der Waals surface area contributed by atoms with Crippen LogP contribution in [0.1, 0.15) is 0 Å². The van der Waals surface area contributed by atoms with E-state index in [1.165, 1.54) is 13.4 Å². The number of rotatable bonds is 2. The van der Waals surface area contributed by atoms with E-state index in [9.17, 15) is 10.1 Å². The number of methoxy groups -OCH3 is 1. The van der Waals surface area contributed by atoms with Gasteiger partial charge in [-0.1, -0.05) is 0 Å². The Bertz CT molecular complexity index is 244. The minimum absolute atomic E-state index is 0.0741. The van der Waals surface area contributed by atoms with Crippen LogP contribution in [0.25, 0.3) is 0 Å². The van der Waals surface area contributed by atoms with Gasteiger partial charge < -0.3 is 14.9 Å². The quantitative estimate of drug-likeness (QED) is 0.477. The number of aromatic amines is 1. The van der Waals surface area contributed by atoms with Crippen LogP contribution in [0.5, 0.6) is 5.88 Å². The number of nitro groups is 1. The lowest BCUT2D eigenvalue weighted by Crippen LogP contribution is -1.91. The van der Waals surface area contributed by atoms with Crippen LogP contribution in [0.4, 0.5) is 5.82 Å². The van der Waals surface area contributed by atoms with Gasteiger partial charge in [0.2, 0.25) is 6.33 Å². The van der Waals surface area contributed by atoms with E-state index in [0.717, 1.165) is 0 Å². The molecule has 0 aliphatic rings. The number of ether oxygens (including phenoxy) is 1. The molecular weight excluding hydrogens is 138 g/mol. The normalized spacial score (nSPS) is 9.30. The van der Waals surface area contributed by atoms with Gasteiger partial charge in [-0.3, -0.25) is 4.98 Å². The fourth-order valence-electron chi connectivity index (χ4n) is 0.555. The van der Waals surface area contributed by atoms with E-state index in [-0.39, 0.29) is 11.7 Å². The lowest BCUT2D eigenvalue weighted by atomic mass is 10.7. The lowest BCUT2D eigenvalue weighted by Gasteiger charge is -1.91. The van der Waals surface area contributed by atoms with Crippen molar-refractivity contribution >= 4 is 5.82 Å². The minimum atomic E-state index is -0.616. The van der Waals surface area contributed by atoms with E-state index in [1.54, 1.807) is 0 Å². The number of imidazole rings is 1. The molecule has 0 spiro atoms. The Hall–Kier alpha value is -1.59. The van der Waals surface area contributed by atoms with Gasteiger partial charge in [-0.25, -0.2) is 0 Å². The van der Waals surface area contributed by atoms with Crippen LogP contribution in [0.3, 0.4) is 0 Å². The first kappa shape index (κ1) is 6.53. The third kappa shape index (κ3) is 0.903. The maximum atomic E-state index is 10.1. The maximum absolute atomic E-state index is 10.1. The molecule has 0 bridgehead atoms. The van der Waals surface area contributed by atoms with Gasteiger partial charge in [-0.05, 0) is 9.91 Å². The third-order valence-electron chi connectivity index (χ3n) is 0.963. The fraction of sp³-hybridized carbons (Fsp3) is 0.250. The summed E-state index contributed by atoms with van der Waals surface area (Å²) >= 11 is 0. The molecule has 0 aliphatic heterocycles. The summed E-state index contributed by atoms with van der Waals surface area (Å²) in [6, 6.07) is 0. The van der Waals surface area contributed by atoms with Crippen LogP contribution in [-0.2, 0) is 0 Å². The summed E-state index contributed by atoms with van der Waals surface area (Å²) in [6.45, 7) is 0. The van der Waals surface area contributed by atoms with Gasteiger partial charge in [0.15, 0.2) is 0 Å². The predicted molar refractivity (Wildman–Crippen MR) is 31.8 cm³/mol. The van der Waals surface area contributed by atoms with Crippen LogP contribution >= 0.6 is 0 Å². The summed E-state index contributed by atoms with van der Waals surface area (Å²) < 4.78 is 4.59. The van der Waals surface area contributed by atoms with Crippen molar-refractivity contribution in [3.8, 4) is 5.88 Å². The highest BCUT2D eigenvalue weighted by atomic mass is 16.6. The standard InChI is InChI=1S/C4H5N3O3/c1-10-4-3(7(8)9)5-2-6-4/h2H,1H3,(H,5,6). The predicted octanol–water partition coefficient (Wildman–Crippen LogP) is 0.326. The molecule has 0 aliphatic carbocycles. The largest absolute Gasteiger partial charge is 0.476 e. The first-order valence-corrected chi connectivity index (χ1v) is 2.47. The molecule has 10 heavy (non-hydrogen) atoms. The molecule has 54 valence electrons. The summed E-state index contributed by atoms with van der Waals surface area (Å²) in [6.07, 6.45) is 1.21. The summed E-state index contributed by atoms with van der Waals surface area (Å²) in [5.74, 6) is -0.215. The Morgan fingerprint density at radius 2 is 2.60 bits per heavy atom. The second kappa shape index (κ2) is 2.34. The van der Waals surface area contributed by atoms with Crippen molar-refractivity contribution in [2.75, 3.05) is 7.11 Å². The summed E-state index contributed by atoms with van der Waals surface area (Å²) in [7, 11) is 1.33. The van der Waals surface area contributed by atoms with Gasteiger partial charge in [0, 0.05) is 0 Å². The summed E-state index contributed by atoms with van der Waals surface area (Å²) in [5.41, 5.74) is 0. The van der Waals surface area contributed by atoms with E-state index in [0.29, 0.717) is 0 Å². The SMILES string of the molecule is COc1[nH]cnc1[N+](=O)[O-]. The molecule has 1 aromatic heterocycles. The van der Waals surface area contributed by atoms with Gasteiger partial charge in [-0.15, -0.1) is 0 Å². The minimum Gasteiger partial charge on any atom is -0.476 e. The van der Waals surface area contributed by atoms with Crippen molar-refractivity contribution in [2.24, 2.45) is 0 Å². The molecule has 0 atom stereocenters. The highest BCUT2D eigenvalue weighted by Gasteiger charge is 2.16. The van der Waals surface area contributed by atoms with Gasteiger partial charge in [-0.2, -0.15) is 0 Å². The number of nitrogens with one attached hydrogen (secondary N) is 1. The molecule has 0 saturated carbocycles. The van der Waals surface area contributed by atoms with E-state index >= 15 is 0 Å². The summed E-state index contributed by atoms with van der Waals surface area (Å²) in [5, 5.41) is 10.1. The number of hydrogen-bond acceptors (Lipinski definition) is 4. The van der Waals surface area contributed by atoms with Crippen molar-refractivity contribution in [2.45, 2.75) is 0 Å². The molecule has 0 radical (unpaired) electrons. The number of hydrogen-bond donors (Lipinski definition) is 1. The van der Waals surface area contributed by atoms with Crippen molar-refractivity contribution < 1.29 is 9.66 Å². The molecule has 0 fully saturated rings. The van der Waals surface area contributed by atoms with Crippen molar-refractivity contribution in [1.82, 2.24) is 9.97 Å². The molecule has 0 unspecified atom stereocenters. The molecule has 1 aromatic rings. The first-order chi connectivity index (χ1) is 4.75. The average Bonchev–Trinajstić information content (AvgIpc) is 2.33. The highest BCUT2D eigenvalue weighted by molar-refractivity contribution is 5.31. The molecule has 0 amide bonds. The van der Waals surface area contributed by atoms with Gasteiger partial charge >= 0.3 is 5.82 Å². The van der Waals surface area contributed by atoms with Crippen LogP contribution in [0.2, 0.25) is 0 Å². The Labute approximate surface area is 56.0 Å².